The Kier molecular flexibility index (Phi) is 6.16. The fourth-order valence-electron chi connectivity index (χ4n) is 3.00. The van der Waals surface area contributed by atoms with Gasteiger partial charge in [0.25, 0.3) is 0 Å². The molecule has 4 rings (SSSR count). The second-order valence-electron chi connectivity index (χ2n) is 6.89. The van der Waals surface area contributed by atoms with Crippen molar-refractivity contribution in [2.75, 3.05) is 10.6 Å². The minimum Gasteiger partial charge on any atom is -0.508 e. The summed E-state index contributed by atoms with van der Waals surface area (Å²) in [7, 11) is 0. The van der Waals surface area contributed by atoms with Crippen molar-refractivity contribution in [3.8, 4) is 11.5 Å². The van der Waals surface area contributed by atoms with Gasteiger partial charge in [0.15, 0.2) is 0 Å². The van der Waals surface area contributed by atoms with Gasteiger partial charge in [-0.1, -0.05) is 41.4 Å². The number of phenols is 2. The van der Waals surface area contributed by atoms with Gasteiger partial charge in [-0.3, -0.25) is 4.79 Å². The second-order valence-corrected chi connectivity index (χ2v) is 7.71. The maximum absolute atomic E-state index is 12.8. The van der Waals surface area contributed by atoms with E-state index in [0.29, 0.717) is 22.8 Å². The van der Waals surface area contributed by atoms with E-state index in [2.05, 4.69) is 15.6 Å². The van der Waals surface area contributed by atoms with Crippen LogP contribution in [0.4, 0.5) is 17.1 Å². The molecule has 0 fully saturated rings. The largest absolute Gasteiger partial charge is 0.508 e. The molecule has 0 radical (unpaired) electrons. The number of rotatable bonds is 5. The summed E-state index contributed by atoms with van der Waals surface area (Å²) in [5, 5.41) is 25.9. The average Bonchev–Trinajstić information content (AvgIpc) is 2.75. The van der Waals surface area contributed by atoms with Gasteiger partial charge in [0.1, 0.15) is 11.5 Å². The molecule has 4 N–H and O–H groups in total. The van der Waals surface area contributed by atoms with Gasteiger partial charge in [-0.25, -0.2) is 4.99 Å². The number of nitrogens with one attached hydrogen (secondary N) is 2. The van der Waals surface area contributed by atoms with Crippen LogP contribution in [0.15, 0.2) is 95.3 Å². The molecule has 0 atom stereocenters. The van der Waals surface area contributed by atoms with Crippen molar-refractivity contribution in [1.82, 2.24) is 0 Å². The maximum Gasteiger partial charge on any atom is 0.204 e. The number of nitrogens with zero attached hydrogens (tertiary/aromatic N) is 1. The Morgan fingerprint density at radius 1 is 0.750 bits per heavy atom. The molecule has 0 unspecified atom stereocenters. The Hall–Kier alpha value is -3.74. The van der Waals surface area contributed by atoms with E-state index in [1.165, 1.54) is 30.3 Å². The SMILES string of the molecule is O=C1C=C(Nc2ccccc2)/C(=N\c2ccc(O)cc2Cl)C=C1Nc1ccc(O)cc1Cl. The lowest BCUT2D eigenvalue weighted by Gasteiger charge is -2.19. The number of carbonyl (C=O) groups excluding carboxylic acids is 1. The molecule has 1 aliphatic rings. The smallest absolute Gasteiger partial charge is 0.204 e. The van der Waals surface area contributed by atoms with Crippen LogP contribution < -0.4 is 10.6 Å². The number of aromatic hydroxyl groups is 2. The van der Waals surface area contributed by atoms with Gasteiger partial charge in [0.2, 0.25) is 5.78 Å². The first-order valence-electron chi connectivity index (χ1n) is 9.52. The van der Waals surface area contributed by atoms with Crippen molar-refractivity contribution in [2.45, 2.75) is 0 Å². The molecule has 8 heteroatoms. The number of halogens is 2. The fourth-order valence-corrected chi connectivity index (χ4v) is 3.44. The van der Waals surface area contributed by atoms with Crippen LogP contribution in [0, 0.1) is 0 Å². The van der Waals surface area contributed by atoms with E-state index < -0.39 is 0 Å². The van der Waals surface area contributed by atoms with Crippen molar-refractivity contribution < 1.29 is 15.0 Å². The van der Waals surface area contributed by atoms with Gasteiger partial charge in [-0.2, -0.15) is 0 Å². The molecular weight excluding hydrogens is 449 g/mol. The predicted octanol–water partition coefficient (Wildman–Crippen LogP) is 6.05. The van der Waals surface area contributed by atoms with Crippen LogP contribution in [0.25, 0.3) is 0 Å². The van der Waals surface area contributed by atoms with Gasteiger partial charge < -0.3 is 20.8 Å². The summed E-state index contributed by atoms with van der Waals surface area (Å²) in [5.74, 6) is -0.248. The van der Waals surface area contributed by atoms with Gasteiger partial charge >= 0.3 is 0 Å². The van der Waals surface area contributed by atoms with E-state index in [1.807, 2.05) is 30.3 Å². The maximum atomic E-state index is 12.8. The summed E-state index contributed by atoms with van der Waals surface area (Å²) < 4.78 is 0. The third kappa shape index (κ3) is 4.94. The molecule has 0 spiro atoms. The Morgan fingerprint density at radius 3 is 2.12 bits per heavy atom. The van der Waals surface area contributed by atoms with Gasteiger partial charge in [0.05, 0.1) is 38.5 Å². The monoisotopic (exact) mass is 465 g/mol. The van der Waals surface area contributed by atoms with Gasteiger partial charge in [0, 0.05) is 23.9 Å². The molecule has 3 aromatic carbocycles. The molecule has 0 aliphatic heterocycles. The number of ketones is 1. The summed E-state index contributed by atoms with van der Waals surface area (Å²) in [6.07, 6.45) is 3.01. The van der Waals surface area contributed by atoms with E-state index in [1.54, 1.807) is 18.2 Å². The van der Waals surface area contributed by atoms with Crippen LogP contribution in [-0.4, -0.2) is 21.7 Å². The third-order valence-corrected chi connectivity index (χ3v) is 5.16. The van der Waals surface area contributed by atoms with Crippen molar-refractivity contribution >= 4 is 51.8 Å². The zero-order valence-corrected chi connectivity index (χ0v) is 18.0. The zero-order chi connectivity index (χ0) is 22.7. The van der Waals surface area contributed by atoms with Gasteiger partial charge in [-0.15, -0.1) is 0 Å². The zero-order valence-electron chi connectivity index (χ0n) is 16.5. The topological polar surface area (TPSA) is 94.0 Å². The molecule has 0 heterocycles. The number of aliphatic imine (C=N–C) groups is 1. The van der Waals surface area contributed by atoms with Crippen molar-refractivity contribution in [2.24, 2.45) is 4.99 Å². The average molecular weight is 466 g/mol. The van der Waals surface area contributed by atoms with E-state index in [-0.39, 0.29) is 33.0 Å². The highest BCUT2D eigenvalue weighted by Gasteiger charge is 2.21. The van der Waals surface area contributed by atoms with Crippen molar-refractivity contribution in [3.05, 3.63) is 100 Å². The van der Waals surface area contributed by atoms with Crippen LogP contribution in [0.3, 0.4) is 0 Å². The predicted molar refractivity (Wildman–Crippen MR) is 128 cm³/mol. The minimum atomic E-state index is -0.289. The molecule has 3 aromatic rings. The summed E-state index contributed by atoms with van der Waals surface area (Å²) in [6.45, 7) is 0. The number of carbonyl (C=O) groups is 1. The lowest BCUT2D eigenvalue weighted by molar-refractivity contribution is -0.111. The Balaban J connectivity index is 1.74. The van der Waals surface area contributed by atoms with E-state index in [0.717, 1.165) is 5.69 Å². The normalized spacial score (nSPS) is 14.7. The first kappa shape index (κ1) is 21.5. The number of anilines is 2. The van der Waals surface area contributed by atoms with Crippen LogP contribution in [-0.2, 0) is 4.79 Å². The standard InChI is InChI=1S/C24H17Cl2N3O3/c25-17-10-15(30)6-8-19(17)28-21-12-23(29-20-9-7-16(31)11-18(20)26)24(32)13-22(21)27-14-4-2-1-3-5-14/h1-13,27,29-31H/b28-21-. The minimum absolute atomic E-state index is 0.0166. The van der Waals surface area contributed by atoms with Gasteiger partial charge in [-0.05, 0) is 42.5 Å². The number of para-hydroxylation sites is 1. The number of allylic oxidation sites excluding steroid dienone is 2. The molecule has 0 bridgehead atoms. The first-order chi connectivity index (χ1) is 15.4. The number of hydrogen-bond acceptors (Lipinski definition) is 6. The van der Waals surface area contributed by atoms with Crippen LogP contribution in [0.2, 0.25) is 10.0 Å². The fraction of sp³-hybridized carbons (Fsp3) is 0. The summed E-state index contributed by atoms with van der Waals surface area (Å²) in [6, 6.07) is 18.2. The highest BCUT2D eigenvalue weighted by Crippen LogP contribution is 2.31. The lowest BCUT2D eigenvalue weighted by atomic mass is 10.0. The molecular formula is C24H17Cl2N3O3. The van der Waals surface area contributed by atoms with Crippen LogP contribution >= 0.6 is 23.2 Å². The van der Waals surface area contributed by atoms with E-state index >= 15 is 0 Å². The first-order valence-corrected chi connectivity index (χ1v) is 10.3. The molecule has 32 heavy (non-hydrogen) atoms. The molecule has 6 nitrogen and oxygen atoms in total. The molecule has 1 aliphatic carbocycles. The number of hydrogen-bond donors (Lipinski definition) is 4. The third-order valence-electron chi connectivity index (χ3n) is 4.54. The highest BCUT2D eigenvalue weighted by molar-refractivity contribution is 6.34. The van der Waals surface area contributed by atoms with Crippen molar-refractivity contribution in [3.63, 3.8) is 0 Å². The van der Waals surface area contributed by atoms with Crippen LogP contribution in [0.1, 0.15) is 0 Å². The molecule has 0 saturated carbocycles. The molecule has 0 saturated heterocycles. The Labute approximate surface area is 194 Å². The van der Waals surface area contributed by atoms with E-state index in [9.17, 15) is 15.0 Å². The highest BCUT2D eigenvalue weighted by atomic mass is 35.5. The summed E-state index contributed by atoms with van der Waals surface area (Å²) in [5.41, 5.74) is 2.82. The quantitative estimate of drug-likeness (QED) is 0.271. The number of benzene rings is 3. The summed E-state index contributed by atoms with van der Waals surface area (Å²) >= 11 is 12.4. The number of phenolic OH excluding ortho intramolecular Hbond substituents is 2. The summed E-state index contributed by atoms with van der Waals surface area (Å²) in [4.78, 5) is 17.4. The molecule has 160 valence electrons. The molecule has 0 aromatic heterocycles. The van der Waals surface area contributed by atoms with Crippen molar-refractivity contribution in [1.29, 1.82) is 0 Å². The Morgan fingerprint density at radius 2 is 1.44 bits per heavy atom. The molecule has 0 amide bonds. The Bertz CT molecular complexity index is 1280. The second kappa shape index (κ2) is 9.18. The lowest BCUT2D eigenvalue weighted by Crippen LogP contribution is -2.22. The van der Waals surface area contributed by atoms with E-state index in [4.69, 9.17) is 23.2 Å². The van der Waals surface area contributed by atoms with Crippen LogP contribution in [0.5, 0.6) is 11.5 Å².